The lowest BCUT2D eigenvalue weighted by molar-refractivity contribution is 0.600. The van der Waals surface area contributed by atoms with Gasteiger partial charge in [0, 0.05) is 0 Å². The summed E-state index contributed by atoms with van der Waals surface area (Å²) in [5, 5.41) is 6.13. The average molecular weight is 252 g/mol. The second-order valence-electron chi connectivity index (χ2n) is 3.57. The van der Waals surface area contributed by atoms with Gasteiger partial charge in [0.25, 0.3) is 10.0 Å². The number of nitrogens with one attached hydrogen (secondary N) is 2. The fourth-order valence-electron chi connectivity index (χ4n) is 1.42. The number of aromatic amines is 1. The SMILES string of the molecule is Cc1ccccc1S(=O)(=O)Nc1[nH]ncc1N. The molecule has 0 aliphatic rings. The minimum absolute atomic E-state index is 0.174. The van der Waals surface area contributed by atoms with E-state index in [0.717, 1.165) is 0 Å². The minimum Gasteiger partial charge on any atom is -0.394 e. The van der Waals surface area contributed by atoms with Gasteiger partial charge in [-0.3, -0.25) is 9.82 Å². The molecule has 17 heavy (non-hydrogen) atoms. The van der Waals surface area contributed by atoms with Crippen molar-refractivity contribution in [2.24, 2.45) is 0 Å². The normalized spacial score (nSPS) is 11.4. The first-order valence-electron chi connectivity index (χ1n) is 4.88. The molecule has 1 aromatic heterocycles. The highest BCUT2D eigenvalue weighted by Crippen LogP contribution is 2.20. The molecule has 1 aromatic carbocycles. The Balaban J connectivity index is 2.39. The summed E-state index contributed by atoms with van der Waals surface area (Å²) in [5.41, 5.74) is 6.46. The lowest BCUT2D eigenvalue weighted by atomic mass is 10.2. The Kier molecular flexibility index (Phi) is 2.76. The van der Waals surface area contributed by atoms with Crippen molar-refractivity contribution in [3.8, 4) is 0 Å². The van der Waals surface area contributed by atoms with Crippen LogP contribution in [0.5, 0.6) is 0 Å². The Morgan fingerprint density at radius 1 is 1.35 bits per heavy atom. The number of sulfonamides is 1. The maximum absolute atomic E-state index is 12.1. The first-order valence-corrected chi connectivity index (χ1v) is 6.36. The number of nitrogen functional groups attached to an aromatic ring is 1. The van der Waals surface area contributed by atoms with E-state index in [1.54, 1.807) is 25.1 Å². The third kappa shape index (κ3) is 2.23. The molecule has 4 N–H and O–H groups in total. The van der Waals surface area contributed by atoms with Crippen LogP contribution in [0.1, 0.15) is 5.56 Å². The number of aryl methyl sites for hydroxylation is 1. The zero-order chi connectivity index (χ0) is 12.5. The van der Waals surface area contributed by atoms with E-state index < -0.39 is 10.0 Å². The van der Waals surface area contributed by atoms with Crippen molar-refractivity contribution in [3.05, 3.63) is 36.0 Å². The van der Waals surface area contributed by atoms with Crippen molar-refractivity contribution in [2.45, 2.75) is 11.8 Å². The van der Waals surface area contributed by atoms with E-state index in [9.17, 15) is 8.42 Å². The molecule has 2 aromatic rings. The van der Waals surface area contributed by atoms with Gasteiger partial charge in [-0.15, -0.1) is 0 Å². The van der Waals surface area contributed by atoms with E-state index in [-0.39, 0.29) is 16.4 Å². The minimum atomic E-state index is -3.64. The first-order chi connectivity index (χ1) is 8.00. The van der Waals surface area contributed by atoms with E-state index >= 15 is 0 Å². The Morgan fingerprint density at radius 2 is 2.06 bits per heavy atom. The summed E-state index contributed by atoms with van der Waals surface area (Å²) in [6.07, 6.45) is 1.34. The summed E-state index contributed by atoms with van der Waals surface area (Å²) >= 11 is 0. The molecule has 0 spiro atoms. The van der Waals surface area contributed by atoms with Gasteiger partial charge in [-0.1, -0.05) is 18.2 Å². The van der Waals surface area contributed by atoms with Crippen LogP contribution < -0.4 is 10.5 Å². The van der Waals surface area contributed by atoms with Crippen molar-refractivity contribution in [2.75, 3.05) is 10.5 Å². The molecule has 90 valence electrons. The van der Waals surface area contributed by atoms with Crippen LogP contribution in [0, 0.1) is 6.92 Å². The molecular formula is C10H12N4O2S. The largest absolute Gasteiger partial charge is 0.394 e. The highest BCUT2D eigenvalue weighted by atomic mass is 32.2. The van der Waals surface area contributed by atoms with Crippen LogP contribution in [0.3, 0.4) is 0 Å². The number of aromatic nitrogens is 2. The summed E-state index contributed by atoms with van der Waals surface area (Å²) < 4.78 is 26.5. The molecule has 0 aliphatic carbocycles. The van der Waals surface area contributed by atoms with Crippen molar-refractivity contribution in [3.63, 3.8) is 0 Å². The first kappa shape index (κ1) is 11.5. The third-order valence-corrected chi connectivity index (χ3v) is 3.80. The van der Waals surface area contributed by atoms with E-state index in [4.69, 9.17) is 5.73 Å². The van der Waals surface area contributed by atoms with Crippen LogP contribution in [-0.4, -0.2) is 18.6 Å². The number of benzene rings is 1. The number of hydrogen-bond acceptors (Lipinski definition) is 4. The highest BCUT2D eigenvalue weighted by molar-refractivity contribution is 7.92. The van der Waals surface area contributed by atoms with Gasteiger partial charge in [0.05, 0.1) is 16.8 Å². The number of rotatable bonds is 3. The van der Waals surface area contributed by atoms with Gasteiger partial charge >= 0.3 is 0 Å². The van der Waals surface area contributed by atoms with Gasteiger partial charge in [0.15, 0.2) is 5.82 Å². The molecule has 0 saturated heterocycles. The zero-order valence-electron chi connectivity index (χ0n) is 9.14. The fourth-order valence-corrected chi connectivity index (χ4v) is 2.72. The lowest BCUT2D eigenvalue weighted by Crippen LogP contribution is -2.15. The van der Waals surface area contributed by atoms with E-state index in [0.29, 0.717) is 5.56 Å². The smallest absolute Gasteiger partial charge is 0.263 e. The van der Waals surface area contributed by atoms with Crippen LogP contribution in [0.4, 0.5) is 11.5 Å². The highest BCUT2D eigenvalue weighted by Gasteiger charge is 2.18. The van der Waals surface area contributed by atoms with Crippen LogP contribution in [-0.2, 0) is 10.0 Å². The molecule has 0 saturated carbocycles. The number of H-pyrrole nitrogens is 1. The fraction of sp³-hybridized carbons (Fsp3) is 0.100. The third-order valence-electron chi connectivity index (χ3n) is 2.29. The predicted molar refractivity (Wildman–Crippen MR) is 65.0 cm³/mol. The van der Waals surface area contributed by atoms with Crippen LogP contribution in [0.2, 0.25) is 0 Å². The molecular weight excluding hydrogens is 240 g/mol. The van der Waals surface area contributed by atoms with Gasteiger partial charge in [0.1, 0.15) is 0 Å². The van der Waals surface area contributed by atoms with E-state index in [1.165, 1.54) is 12.3 Å². The molecule has 1 heterocycles. The van der Waals surface area contributed by atoms with Crippen molar-refractivity contribution in [1.29, 1.82) is 0 Å². The van der Waals surface area contributed by atoms with E-state index in [1.807, 2.05) is 0 Å². The molecule has 0 fully saturated rings. The van der Waals surface area contributed by atoms with Gasteiger partial charge in [-0.25, -0.2) is 8.42 Å². The van der Waals surface area contributed by atoms with Gasteiger partial charge in [-0.2, -0.15) is 5.10 Å². The Labute approximate surface area is 98.9 Å². The lowest BCUT2D eigenvalue weighted by Gasteiger charge is -2.08. The molecule has 2 rings (SSSR count). The summed E-state index contributed by atoms with van der Waals surface area (Å²) in [5.74, 6) is 0.174. The Morgan fingerprint density at radius 3 is 2.65 bits per heavy atom. The number of anilines is 2. The molecule has 0 amide bonds. The van der Waals surface area contributed by atoms with Crippen LogP contribution in [0.15, 0.2) is 35.4 Å². The summed E-state index contributed by atoms with van der Waals surface area (Å²) in [4.78, 5) is 0.217. The van der Waals surface area contributed by atoms with Crippen LogP contribution in [0.25, 0.3) is 0 Å². The number of hydrogen-bond donors (Lipinski definition) is 3. The van der Waals surface area contributed by atoms with Gasteiger partial charge in [-0.05, 0) is 18.6 Å². The topological polar surface area (TPSA) is 101 Å². The van der Waals surface area contributed by atoms with E-state index in [2.05, 4.69) is 14.9 Å². The molecule has 6 nitrogen and oxygen atoms in total. The molecule has 0 bridgehead atoms. The zero-order valence-corrected chi connectivity index (χ0v) is 9.95. The Hall–Kier alpha value is -2.02. The molecule has 0 atom stereocenters. The second-order valence-corrected chi connectivity index (χ2v) is 5.22. The Bertz CT molecular complexity index is 633. The maximum Gasteiger partial charge on any atom is 0.263 e. The molecule has 7 heteroatoms. The summed E-state index contributed by atoms with van der Waals surface area (Å²) in [6, 6.07) is 6.70. The molecule has 0 aliphatic heterocycles. The maximum atomic E-state index is 12.1. The molecule has 0 unspecified atom stereocenters. The quantitative estimate of drug-likeness (QED) is 0.761. The standard InChI is InChI=1S/C10H12N4O2S/c1-7-4-2-3-5-9(7)17(15,16)14-10-8(11)6-12-13-10/h2-6H,11H2,1H3,(H2,12,13,14). The summed E-state index contributed by atoms with van der Waals surface area (Å²) in [7, 11) is -3.64. The number of nitrogens with two attached hydrogens (primary N) is 1. The average Bonchev–Trinajstić information content (AvgIpc) is 2.64. The number of nitrogens with zero attached hydrogens (tertiary/aromatic N) is 1. The van der Waals surface area contributed by atoms with Gasteiger partial charge < -0.3 is 5.73 Å². The monoisotopic (exact) mass is 252 g/mol. The van der Waals surface area contributed by atoms with Crippen molar-refractivity contribution in [1.82, 2.24) is 10.2 Å². The van der Waals surface area contributed by atoms with Crippen LogP contribution >= 0.6 is 0 Å². The van der Waals surface area contributed by atoms with Crippen molar-refractivity contribution < 1.29 is 8.42 Å². The predicted octanol–water partition coefficient (Wildman–Crippen LogP) is 1.10. The summed E-state index contributed by atoms with van der Waals surface area (Å²) in [6.45, 7) is 1.73. The van der Waals surface area contributed by atoms with Crippen molar-refractivity contribution >= 4 is 21.5 Å². The molecule has 0 radical (unpaired) electrons. The second kappa shape index (κ2) is 4.10. The van der Waals surface area contributed by atoms with Gasteiger partial charge in [0.2, 0.25) is 0 Å².